The van der Waals surface area contributed by atoms with E-state index in [1.807, 2.05) is 0 Å². The summed E-state index contributed by atoms with van der Waals surface area (Å²) in [7, 11) is 0.904. The molecule has 1 saturated carbocycles. The summed E-state index contributed by atoms with van der Waals surface area (Å²) in [6, 6.07) is 0. The van der Waals surface area contributed by atoms with E-state index in [2.05, 4.69) is 18.1 Å². The Kier molecular flexibility index (Phi) is 5.58. The molecule has 0 saturated heterocycles. The minimum atomic E-state index is 0.806. The van der Waals surface area contributed by atoms with E-state index in [0.29, 0.717) is 0 Å². The second kappa shape index (κ2) is 7.21. The van der Waals surface area contributed by atoms with E-state index in [9.17, 15) is 0 Å². The molecule has 0 spiro atoms. The van der Waals surface area contributed by atoms with Crippen molar-refractivity contribution in [3.63, 3.8) is 0 Å². The average molecular weight is 251 g/mol. The van der Waals surface area contributed by atoms with Crippen LogP contribution in [0, 0.1) is 6.92 Å². The van der Waals surface area contributed by atoms with Crippen LogP contribution in [0.5, 0.6) is 0 Å². The van der Waals surface area contributed by atoms with Gasteiger partial charge in [-0.15, -0.1) is 8.19 Å². The van der Waals surface area contributed by atoms with Gasteiger partial charge in [-0.3, -0.25) is 4.98 Å². The van der Waals surface area contributed by atoms with Gasteiger partial charge in [-0.05, 0) is 25.1 Å². The number of aromatic nitrogens is 1. The van der Waals surface area contributed by atoms with Crippen LogP contribution in [0.2, 0.25) is 0 Å². The molecule has 1 aliphatic carbocycles. The third-order valence-electron chi connectivity index (χ3n) is 3.96. The molecular formula is C15H26NP. The molecule has 0 amide bonds. The van der Waals surface area contributed by atoms with Crippen LogP contribution in [-0.2, 0) is 0 Å². The zero-order valence-electron chi connectivity index (χ0n) is 11.2. The van der Waals surface area contributed by atoms with Crippen molar-refractivity contribution < 1.29 is 0 Å². The highest BCUT2D eigenvalue weighted by Gasteiger charge is 2.14. The van der Waals surface area contributed by atoms with Crippen molar-refractivity contribution in [1.29, 1.82) is 0 Å². The molecule has 0 N–H and O–H groups in total. The fourth-order valence-corrected chi connectivity index (χ4v) is 4.06. The van der Waals surface area contributed by atoms with Crippen LogP contribution in [0.15, 0.2) is 6.20 Å². The van der Waals surface area contributed by atoms with Gasteiger partial charge >= 0.3 is 0 Å². The fraction of sp³-hybridized carbons (Fsp3) is 0.800. The Bertz CT molecular complexity index is 306. The molecule has 1 aliphatic rings. The van der Waals surface area contributed by atoms with Crippen molar-refractivity contribution in [3.05, 3.63) is 16.9 Å². The Morgan fingerprint density at radius 3 is 1.94 bits per heavy atom. The fourth-order valence-electron chi connectivity index (χ4n) is 2.90. The maximum absolute atomic E-state index is 4.66. The first-order chi connectivity index (χ1) is 8.36. The zero-order valence-corrected chi connectivity index (χ0v) is 12.2. The van der Waals surface area contributed by atoms with Crippen molar-refractivity contribution in [2.75, 3.05) is 0 Å². The van der Waals surface area contributed by atoms with Crippen molar-refractivity contribution in [2.45, 2.75) is 77.0 Å². The first-order valence-corrected chi connectivity index (χ1v) is 8.38. The summed E-state index contributed by atoms with van der Waals surface area (Å²) >= 11 is 0. The van der Waals surface area contributed by atoms with Gasteiger partial charge < -0.3 is 0 Å². The molecule has 1 heterocycles. The van der Waals surface area contributed by atoms with Gasteiger partial charge in [-0.25, -0.2) is 0 Å². The van der Waals surface area contributed by atoms with E-state index in [1.165, 1.54) is 74.9 Å². The molecule has 0 aliphatic heterocycles. The third kappa shape index (κ3) is 4.47. The molecule has 1 nitrogen and oxygen atoms in total. The molecule has 1 aromatic rings. The number of rotatable bonds is 1. The lowest BCUT2D eigenvalue weighted by molar-refractivity contribution is 0.513. The van der Waals surface area contributed by atoms with Gasteiger partial charge in [0.25, 0.3) is 0 Å². The summed E-state index contributed by atoms with van der Waals surface area (Å²) < 4.78 is 0. The van der Waals surface area contributed by atoms with Gasteiger partial charge in [0.05, 0.1) is 5.43 Å². The van der Waals surface area contributed by atoms with Crippen LogP contribution in [0.25, 0.3) is 0 Å². The molecule has 1 unspecified atom stereocenters. The average Bonchev–Trinajstić information content (AvgIpc) is 2.72. The van der Waals surface area contributed by atoms with Gasteiger partial charge in [0.2, 0.25) is 0 Å². The van der Waals surface area contributed by atoms with Crippen molar-refractivity contribution in [2.24, 2.45) is 0 Å². The molecule has 1 atom stereocenters. The molecule has 1 fully saturated rings. The normalized spacial score (nSPS) is 21.5. The Morgan fingerprint density at radius 1 is 0.941 bits per heavy atom. The summed E-state index contributed by atoms with van der Waals surface area (Å²) in [6.07, 6.45) is 16.5. The number of nitrogens with zero attached hydrogens (tertiary/aromatic N) is 1. The monoisotopic (exact) mass is 251 g/mol. The SMILES string of the molecule is Cc1cnc(C2CCCCCCCCCC2)[pH]1. The van der Waals surface area contributed by atoms with E-state index in [4.69, 9.17) is 0 Å². The Balaban J connectivity index is 1.92. The first-order valence-electron chi connectivity index (χ1n) is 7.38. The predicted octanol–water partition coefficient (Wildman–Crippen LogP) is 5.42. The van der Waals surface area contributed by atoms with Crippen LogP contribution in [0.1, 0.15) is 80.8 Å². The summed E-state index contributed by atoms with van der Waals surface area (Å²) in [5, 5.41) is 1.48. The summed E-state index contributed by atoms with van der Waals surface area (Å²) in [5.74, 6) is 0.806. The molecule has 17 heavy (non-hydrogen) atoms. The minimum Gasteiger partial charge on any atom is -0.256 e. The summed E-state index contributed by atoms with van der Waals surface area (Å²) in [4.78, 5) is 4.66. The third-order valence-corrected chi connectivity index (χ3v) is 5.28. The van der Waals surface area contributed by atoms with Crippen LogP contribution < -0.4 is 0 Å². The Morgan fingerprint density at radius 2 is 1.47 bits per heavy atom. The van der Waals surface area contributed by atoms with E-state index in [1.54, 1.807) is 0 Å². The number of hydrogen-bond acceptors (Lipinski definition) is 1. The summed E-state index contributed by atoms with van der Waals surface area (Å²) in [6.45, 7) is 2.22. The molecule has 0 radical (unpaired) electrons. The molecule has 0 bridgehead atoms. The van der Waals surface area contributed by atoms with Gasteiger partial charge in [0, 0.05) is 12.1 Å². The Hall–Kier alpha value is -0.290. The number of aryl methyl sites for hydroxylation is 1. The number of hydrogen-bond donors (Lipinski definition) is 0. The zero-order chi connectivity index (χ0) is 11.9. The highest BCUT2D eigenvalue weighted by atomic mass is 31.0. The largest absolute Gasteiger partial charge is 0.256 e. The predicted molar refractivity (Wildman–Crippen MR) is 77.4 cm³/mol. The van der Waals surface area contributed by atoms with Gasteiger partial charge in [0.15, 0.2) is 0 Å². The molecular weight excluding hydrogens is 225 g/mol. The smallest absolute Gasteiger partial charge is 0.0595 e. The van der Waals surface area contributed by atoms with Crippen LogP contribution in [0.3, 0.4) is 0 Å². The van der Waals surface area contributed by atoms with E-state index >= 15 is 0 Å². The van der Waals surface area contributed by atoms with Crippen molar-refractivity contribution >= 4 is 8.19 Å². The lowest BCUT2D eigenvalue weighted by Gasteiger charge is -2.14. The highest BCUT2D eigenvalue weighted by Crippen LogP contribution is 2.34. The molecule has 96 valence electrons. The molecule has 2 rings (SSSR count). The maximum atomic E-state index is 4.66. The standard InChI is InChI=1S/C15H26NP/c1-13-12-16-15(17-13)14-10-8-6-4-2-3-5-7-9-11-14/h12,14,17H,2-11H2,1H3. The van der Waals surface area contributed by atoms with Crippen molar-refractivity contribution in [1.82, 2.24) is 4.98 Å². The topological polar surface area (TPSA) is 12.9 Å². The lowest BCUT2D eigenvalue weighted by atomic mass is 9.96. The van der Waals surface area contributed by atoms with Gasteiger partial charge in [-0.2, -0.15) is 0 Å². The minimum absolute atomic E-state index is 0.806. The lowest BCUT2D eigenvalue weighted by Crippen LogP contribution is -1.98. The second-order valence-electron chi connectivity index (χ2n) is 5.55. The second-order valence-corrected chi connectivity index (χ2v) is 7.11. The van der Waals surface area contributed by atoms with Crippen molar-refractivity contribution in [3.8, 4) is 0 Å². The van der Waals surface area contributed by atoms with E-state index in [-0.39, 0.29) is 0 Å². The van der Waals surface area contributed by atoms with Crippen LogP contribution >= 0.6 is 8.19 Å². The van der Waals surface area contributed by atoms with Gasteiger partial charge in [0.1, 0.15) is 0 Å². The van der Waals surface area contributed by atoms with Gasteiger partial charge in [-0.1, -0.05) is 51.4 Å². The van der Waals surface area contributed by atoms with E-state index in [0.717, 1.165) is 14.1 Å². The Labute approximate surface area is 108 Å². The quantitative estimate of drug-likeness (QED) is 0.649. The maximum Gasteiger partial charge on any atom is 0.0595 e. The summed E-state index contributed by atoms with van der Waals surface area (Å²) in [5.41, 5.74) is 1.52. The molecule has 2 heteroatoms. The van der Waals surface area contributed by atoms with Crippen LogP contribution in [0.4, 0.5) is 0 Å². The first kappa shape index (κ1) is 13.1. The molecule has 1 aromatic heterocycles. The highest BCUT2D eigenvalue weighted by molar-refractivity contribution is 7.31. The molecule has 0 aromatic carbocycles. The van der Waals surface area contributed by atoms with E-state index < -0.39 is 0 Å². The van der Waals surface area contributed by atoms with Crippen LogP contribution in [-0.4, -0.2) is 4.98 Å².